The van der Waals surface area contributed by atoms with Crippen LogP contribution in [-0.4, -0.2) is 27.1 Å². The van der Waals surface area contributed by atoms with Crippen molar-refractivity contribution in [3.05, 3.63) is 64.7 Å². The Bertz CT molecular complexity index is 969. The molecule has 0 radical (unpaired) electrons. The van der Waals surface area contributed by atoms with Crippen LogP contribution in [0.25, 0.3) is 0 Å². The van der Waals surface area contributed by atoms with Gasteiger partial charge in [0.1, 0.15) is 0 Å². The molecule has 0 spiro atoms. The van der Waals surface area contributed by atoms with E-state index in [0.29, 0.717) is 23.7 Å². The standard InChI is InChI=1S/C25H36N2O3S/c1-6-8-9-21(7-2)17-26-25(28)23-13-11-22(12-14-23)18-27(31(5,29)30)24-15-10-19(3)20(4)16-24/h10-16,21H,6-9,17-18H2,1-5H3,(H,26,28). The smallest absolute Gasteiger partial charge is 0.251 e. The van der Waals surface area contributed by atoms with Crippen LogP contribution < -0.4 is 9.62 Å². The van der Waals surface area contributed by atoms with Crippen molar-refractivity contribution in [2.75, 3.05) is 17.1 Å². The SMILES string of the molecule is CCCCC(CC)CNC(=O)c1ccc(CN(c2ccc(C)c(C)c2)S(C)(=O)=O)cc1. The summed E-state index contributed by atoms with van der Waals surface area (Å²) in [5, 5.41) is 3.04. The number of anilines is 1. The fourth-order valence-electron chi connectivity index (χ4n) is 3.49. The Morgan fingerprint density at radius 1 is 1.03 bits per heavy atom. The van der Waals surface area contributed by atoms with E-state index < -0.39 is 10.0 Å². The van der Waals surface area contributed by atoms with E-state index in [2.05, 4.69) is 19.2 Å². The zero-order chi connectivity index (χ0) is 23.0. The maximum atomic E-state index is 12.5. The van der Waals surface area contributed by atoms with E-state index in [1.54, 1.807) is 12.1 Å². The van der Waals surface area contributed by atoms with Gasteiger partial charge in [0.2, 0.25) is 10.0 Å². The molecule has 2 rings (SSSR count). The van der Waals surface area contributed by atoms with E-state index in [4.69, 9.17) is 0 Å². The first kappa shape index (κ1) is 24.9. The Morgan fingerprint density at radius 2 is 1.71 bits per heavy atom. The first-order valence-electron chi connectivity index (χ1n) is 11.1. The highest BCUT2D eigenvalue weighted by molar-refractivity contribution is 7.92. The third-order valence-electron chi connectivity index (χ3n) is 5.82. The monoisotopic (exact) mass is 444 g/mol. The molecule has 1 atom stereocenters. The van der Waals surface area contributed by atoms with Crippen molar-refractivity contribution in [1.82, 2.24) is 5.32 Å². The number of nitrogens with zero attached hydrogens (tertiary/aromatic N) is 1. The molecule has 31 heavy (non-hydrogen) atoms. The van der Waals surface area contributed by atoms with Crippen LogP contribution in [0.3, 0.4) is 0 Å². The second kappa shape index (κ2) is 11.3. The van der Waals surface area contributed by atoms with Crippen LogP contribution in [-0.2, 0) is 16.6 Å². The van der Waals surface area contributed by atoms with Gasteiger partial charge in [0.15, 0.2) is 0 Å². The van der Waals surface area contributed by atoms with Crippen LogP contribution in [0.4, 0.5) is 5.69 Å². The summed E-state index contributed by atoms with van der Waals surface area (Å²) in [5.74, 6) is 0.417. The first-order chi connectivity index (χ1) is 14.7. The summed E-state index contributed by atoms with van der Waals surface area (Å²) in [6.45, 7) is 9.21. The van der Waals surface area contributed by atoms with Crippen molar-refractivity contribution in [2.24, 2.45) is 5.92 Å². The second-order valence-electron chi connectivity index (χ2n) is 8.36. The molecule has 0 fully saturated rings. The van der Waals surface area contributed by atoms with Gasteiger partial charge in [-0.25, -0.2) is 8.42 Å². The highest BCUT2D eigenvalue weighted by atomic mass is 32.2. The van der Waals surface area contributed by atoms with E-state index in [-0.39, 0.29) is 12.5 Å². The van der Waals surface area contributed by atoms with Gasteiger partial charge in [-0.2, -0.15) is 0 Å². The highest BCUT2D eigenvalue weighted by Crippen LogP contribution is 2.23. The maximum Gasteiger partial charge on any atom is 0.251 e. The minimum atomic E-state index is -3.45. The number of benzene rings is 2. The number of rotatable bonds is 11. The van der Waals surface area contributed by atoms with E-state index in [0.717, 1.165) is 29.5 Å². The Kier molecular flexibility index (Phi) is 9.11. The number of hydrogen-bond donors (Lipinski definition) is 1. The minimum absolute atomic E-state index is 0.0874. The average Bonchev–Trinajstić information content (AvgIpc) is 2.73. The lowest BCUT2D eigenvalue weighted by molar-refractivity contribution is 0.0946. The van der Waals surface area contributed by atoms with Gasteiger partial charge in [0, 0.05) is 12.1 Å². The number of carbonyl (C=O) groups is 1. The molecule has 0 heterocycles. The summed E-state index contributed by atoms with van der Waals surface area (Å²) in [6, 6.07) is 12.8. The molecule has 0 aliphatic heterocycles. The van der Waals surface area contributed by atoms with Crippen molar-refractivity contribution >= 4 is 21.6 Å². The number of unbranched alkanes of at least 4 members (excludes halogenated alkanes) is 1. The minimum Gasteiger partial charge on any atom is -0.352 e. The molecule has 2 aromatic carbocycles. The molecular weight excluding hydrogens is 408 g/mol. The van der Waals surface area contributed by atoms with Gasteiger partial charge in [0.25, 0.3) is 5.91 Å². The molecule has 0 bridgehead atoms. The molecule has 2 aromatic rings. The van der Waals surface area contributed by atoms with Crippen molar-refractivity contribution in [2.45, 2.75) is 59.9 Å². The molecule has 170 valence electrons. The first-order valence-corrected chi connectivity index (χ1v) is 12.9. The molecule has 1 amide bonds. The molecular formula is C25H36N2O3S. The zero-order valence-corrected chi connectivity index (χ0v) is 20.3. The second-order valence-corrected chi connectivity index (χ2v) is 10.3. The number of sulfonamides is 1. The molecule has 0 aromatic heterocycles. The van der Waals surface area contributed by atoms with Gasteiger partial charge in [-0.05, 0) is 67.1 Å². The van der Waals surface area contributed by atoms with Crippen LogP contribution >= 0.6 is 0 Å². The molecule has 5 nitrogen and oxygen atoms in total. The van der Waals surface area contributed by atoms with Gasteiger partial charge in [0.05, 0.1) is 18.5 Å². The van der Waals surface area contributed by atoms with Gasteiger partial charge in [-0.3, -0.25) is 9.10 Å². The quantitative estimate of drug-likeness (QED) is 0.517. The predicted molar refractivity (Wildman–Crippen MR) is 129 cm³/mol. The average molecular weight is 445 g/mol. The summed E-state index contributed by atoms with van der Waals surface area (Å²) in [6.07, 6.45) is 5.75. The third kappa shape index (κ3) is 7.39. The summed E-state index contributed by atoms with van der Waals surface area (Å²) >= 11 is 0. The summed E-state index contributed by atoms with van der Waals surface area (Å²) in [5.41, 5.74) is 4.22. The lowest BCUT2D eigenvalue weighted by Gasteiger charge is -2.23. The van der Waals surface area contributed by atoms with Crippen molar-refractivity contribution in [1.29, 1.82) is 0 Å². The topological polar surface area (TPSA) is 66.5 Å². The molecule has 1 N–H and O–H groups in total. The van der Waals surface area contributed by atoms with Crippen LogP contribution in [0.1, 0.15) is 66.6 Å². The number of aryl methyl sites for hydroxylation is 2. The normalized spacial score (nSPS) is 12.4. The summed E-state index contributed by atoms with van der Waals surface area (Å²) in [4.78, 5) is 12.5. The van der Waals surface area contributed by atoms with E-state index >= 15 is 0 Å². The maximum absolute atomic E-state index is 12.5. The summed E-state index contributed by atoms with van der Waals surface area (Å²) in [7, 11) is -3.45. The molecule has 1 unspecified atom stereocenters. The van der Waals surface area contributed by atoms with Crippen LogP contribution in [0.15, 0.2) is 42.5 Å². The van der Waals surface area contributed by atoms with Crippen molar-refractivity contribution in [3.8, 4) is 0 Å². The number of amides is 1. The molecule has 0 saturated heterocycles. The Morgan fingerprint density at radius 3 is 2.26 bits per heavy atom. The van der Waals surface area contributed by atoms with Crippen LogP contribution in [0.5, 0.6) is 0 Å². The molecule has 6 heteroatoms. The van der Waals surface area contributed by atoms with Crippen LogP contribution in [0.2, 0.25) is 0 Å². The van der Waals surface area contributed by atoms with E-state index in [9.17, 15) is 13.2 Å². The van der Waals surface area contributed by atoms with Crippen molar-refractivity contribution < 1.29 is 13.2 Å². The van der Waals surface area contributed by atoms with Gasteiger partial charge in [-0.1, -0.05) is 51.3 Å². The predicted octanol–water partition coefficient (Wildman–Crippen LogP) is 5.22. The molecule has 0 saturated carbocycles. The lowest BCUT2D eigenvalue weighted by Crippen LogP contribution is -2.30. The van der Waals surface area contributed by atoms with Crippen molar-refractivity contribution in [3.63, 3.8) is 0 Å². The number of hydrogen-bond acceptors (Lipinski definition) is 3. The van der Waals surface area contributed by atoms with Gasteiger partial charge < -0.3 is 5.32 Å². The number of nitrogens with one attached hydrogen (secondary N) is 1. The van der Waals surface area contributed by atoms with E-state index in [1.165, 1.54) is 23.4 Å². The lowest BCUT2D eigenvalue weighted by atomic mass is 9.99. The van der Waals surface area contributed by atoms with Gasteiger partial charge >= 0.3 is 0 Å². The summed E-state index contributed by atoms with van der Waals surface area (Å²) < 4.78 is 26.2. The number of carbonyl (C=O) groups excluding carboxylic acids is 1. The van der Waals surface area contributed by atoms with E-state index in [1.807, 2.05) is 44.2 Å². The fraction of sp³-hybridized carbons (Fsp3) is 0.480. The Balaban J connectivity index is 2.08. The van der Waals surface area contributed by atoms with Crippen LogP contribution in [0, 0.1) is 19.8 Å². The molecule has 0 aliphatic rings. The van der Waals surface area contributed by atoms with Gasteiger partial charge in [-0.15, -0.1) is 0 Å². The highest BCUT2D eigenvalue weighted by Gasteiger charge is 2.19. The zero-order valence-electron chi connectivity index (χ0n) is 19.4. The molecule has 0 aliphatic carbocycles. The fourth-order valence-corrected chi connectivity index (χ4v) is 4.37. The Labute approximate surface area is 187 Å². The largest absolute Gasteiger partial charge is 0.352 e. The Hall–Kier alpha value is -2.34. The third-order valence-corrected chi connectivity index (χ3v) is 6.96.